The number of amides is 1. The molecule has 2 aromatic carbocycles. The number of thiophene rings is 1. The molecule has 0 unspecified atom stereocenters. The van der Waals surface area contributed by atoms with E-state index >= 15 is 0 Å². The van der Waals surface area contributed by atoms with Gasteiger partial charge in [-0.2, -0.15) is 0 Å². The average Bonchev–Trinajstić information content (AvgIpc) is 3.10. The summed E-state index contributed by atoms with van der Waals surface area (Å²) in [5.74, 6) is -0.0471. The van der Waals surface area contributed by atoms with Crippen molar-refractivity contribution in [3.63, 3.8) is 0 Å². The maximum atomic E-state index is 12.3. The van der Waals surface area contributed by atoms with E-state index in [1.54, 1.807) is 11.3 Å². The summed E-state index contributed by atoms with van der Waals surface area (Å²) in [5, 5.41) is 5.08. The summed E-state index contributed by atoms with van der Waals surface area (Å²) in [6.07, 6.45) is 0. The van der Waals surface area contributed by atoms with Crippen molar-refractivity contribution in [3.05, 3.63) is 83.2 Å². The molecule has 2 nitrogen and oxygen atoms in total. The predicted octanol–water partition coefficient (Wildman–Crippen LogP) is 4.91. The third-order valence-corrected chi connectivity index (χ3v) is 4.52. The molecule has 0 aliphatic heterocycles. The maximum Gasteiger partial charge on any atom is 0.251 e. The highest BCUT2D eigenvalue weighted by Crippen LogP contribution is 2.24. The predicted molar refractivity (Wildman–Crippen MR) is 92.1 cm³/mol. The largest absolute Gasteiger partial charge is 0.346 e. The van der Waals surface area contributed by atoms with Crippen molar-refractivity contribution in [2.45, 2.75) is 13.0 Å². The van der Waals surface area contributed by atoms with Crippen molar-refractivity contribution in [2.24, 2.45) is 0 Å². The first-order valence-corrected chi connectivity index (χ1v) is 8.12. The SMILES string of the molecule is C[C@H](NC(=O)c1ccc(-c2cccs2)cc1)c1ccccc1. The van der Waals surface area contributed by atoms with Gasteiger partial charge in [-0.15, -0.1) is 11.3 Å². The number of nitrogens with one attached hydrogen (secondary N) is 1. The molecule has 0 radical (unpaired) electrons. The highest BCUT2D eigenvalue weighted by molar-refractivity contribution is 7.13. The van der Waals surface area contributed by atoms with Gasteiger partial charge < -0.3 is 5.32 Å². The van der Waals surface area contributed by atoms with Gasteiger partial charge in [-0.25, -0.2) is 0 Å². The molecule has 3 aromatic rings. The number of hydrogen-bond donors (Lipinski definition) is 1. The van der Waals surface area contributed by atoms with Crippen LogP contribution >= 0.6 is 11.3 Å². The summed E-state index contributed by atoms with van der Waals surface area (Å²) in [6, 6.07) is 21.8. The molecule has 110 valence electrons. The molecule has 0 aliphatic rings. The van der Waals surface area contributed by atoms with Crippen LogP contribution in [0.3, 0.4) is 0 Å². The van der Waals surface area contributed by atoms with E-state index in [0.29, 0.717) is 5.56 Å². The monoisotopic (exact) mass is 307 g/mol. The zero-order chi connectivity index (χ0) is 15.4. The number of rotatable bonds is 4. The Bertz CT molecular complexity index is 733. The Kier molecular flexibility index (Phi) is 4.35. The van der Waals surface area contributed by atoms with Gasteiger partial charge in [-0.1, -0.05) is 48.5 Å². The van der Waals surface area contributed by atoms with Gasteiger partial charge in [0, 0.05) is 10.4 Å². The smallest absolute Gasteiger partial charge is 0.251 e. The summed E-state index contributed by atoms with van der Waals surface area (Å²) >= 11 is 1.70. The van der Waals surface area contributed by atoms with Crippen LogP contribution in [-0.4, -0.2) is 5.91 Å². The lowest BCUT2D eigenvalue weighted by Gasteiger charge is -2.14. The van der Waals surface area contributed by atoms with Crippen LogP contribution < -0.4 is 5.32 Å². The van der Waals surface area contributed by atoms with Gasteiger partial charge in [0.25, 0.3) is 5.91 Å². The maximum absolute atomic E-state index is 12.3. The molecule has 3 rings (SSSR count). The molecule has 0 aliphatic carbocycles. The molecule has 1 atom stereocenters. The normalized spacial score (nSPS) is 11.9. The lowest BCUT2D eigenvalue weighted by atomic mass is 10.1. The Morgan fingerprint density at radius 3 is 2.32 bits per heavy atom. The number of hydrogen-bond acceptors (Lipinski definition) is 2. The molecular weight excluding hydrogens is 290 g/mol. The van der Waals surface area contributed by atoms with E-state index < -0.39 is 0 Å². The molecule has 0 bridgehead atoms. The first-order chi connectivity index (χ1) is 10.7. The number of benzene rings is 2. The minimum atomic E-state index is -0.0471. The molecule has 0 fully saturated rings. The summed E-state index contributed by atoms with van der Waals surface area (Å²) in [7, 11) is 0. The second-order valence-corrected chi connectivity index (χ2v) is 6.11. The van der Waals surface area contributed by atoms with Crippen LogP contribution in [0.2, 0.25) is 0 Å². The van der Waals surface area contributed by atoms with E-state index in [2.05, 4.69) is 16.8 Å². The lowest BCUT2D eigenvalue weighted by molar-refractivity contribution is 0.0940. The standard InChI is InChI=1S/C19H17NOS/c1-14(15-6-3-2-4-7-15)20-19(21)17-11-9-16(10-12-17)18-8-5-13-22-18/h2-14H,1H3,(H,20,21)/t14-/m0/s1. The van der Waals surface area contributed by atoms with Crippen molar-refractivity contribution in [1.29, 1.82) is 0 Å². The van der Waals surface area contributed by atoms with E-state index in [9.17, 15) is 4.79 Å². The van der Waals surface area contributed by atoms with E-state index in [1.165, 1.54) is 4.88 Å². The molecule has 0 saturated carbocycles. The van der Waals surface area contributed by atoms with E-state index in [0.717, 1.165) is 11.1 Å². The Balaban J connectivity index is 1.70. The van der Waals surface area contributed by atoms with Gasteiger partial charge in [-0.05, 0) is 41.6 Å². The van der Waals surface area contributed by atoms with Crippen molar-refractivity contribution < 1.29 is 4.79 Å². The van der Waals surface area contributed by atoms with E-state index in [4.69, 9.17) is 0 Å². The minimum absolute atomic E-state index is 0.00864. The first-order valence-electron chi connectivity index (χ1n) is 7.24. The van der Waals surface area contributed by atoms with Crippen LogP contribution in [0.4, 0.5) is 0 Å². The van der Waals surface area contributed by atoms with Crippen molar-refractivity contribution in [2.75, 3.05) is 0 Å². The fraction of sp³-hybridized carbons (Fsp3) is 0.105. The Morgan fingerprint density at radius 2 is 1.68 bits per heavy atom. The van der Waals surface area contributed by atoms with Crippen molar-refractivity contribution in [1.82, 2.24) is 5.32 Å². The second kappa shape index (κ2) is 6.58. The molecule has 1 aromatic heterocycles. The Morgan fingerprint density at radius 1 is 0.955 bits per heavy atom. The van der Waals surface area contributed by atoms with Gasteiger partial charge in [0.05, 0.1) is 6.04 Å². The third kappa shape index (κ3) is 3.26. The Hall–Kier alpha value is -2.39. The van der Waals surface area contributed by atoms with Crippen LogP contribution in [0.25, 0.3) is 10.4 Å². The van der Waals surface area contributed by atoms with Crippen LogP contribution in [0, 0.1) is 0 Å². The Labute approximate surface area is 134 Å². The topological polar surface area (TPSA) is 29.1 Å². The number of carbonyl (C=O) groups excluding carboxylic acids is 1. The number of carbonyl (C=O) groups is 1. The summed E-state index contributed by atoms with van der Waals surface area (Å²) in [5.41, 5.74) is 2.93. The molecule has 0 spiro atoms. The summed E-state index contributed by atoms with van der Waals surface area (Å²) < 4.78 is 0. The molecule has 1 heterocycles. The van der Waals surface area contributed by atoms with Gasteiger partial charge in [0.15, 0.2) is 0 Å². The van der Waals surface area contributed by atoms with Gasteiger partial charge >= 0.3 is 0 Å². The zero-order valence-electron chi connectivity index (χ0n) is 12.3. The third-order valence-electron chi connectivity index (χ3n) is 3.60. The van der Waals surface area contributed by atoms with Crippen molar-refractivity contribution in [3.8, 4) is 10.4 Å². The van der Waals surface area contributed by atoms with Gasteiger partial charge in [-0.3, -0.25) is 4.79 Å². The highest BCUT2D eigenvalue weighted by atomic mass is 32.1. The van der Waals surface area contributed by atoms with Gasteiger partial charge in [0.2, 0.25) is 0 Å². The molecule has 0 saturated heterocycles. The molecule has 22 heavy (non-hydrogen) atoms. The average molecular weight is 307 g/mol. The fourth-order valence-electron chi connectivity index (χ4n) is 2.33. The minimum Gasteiger partial charge on any atom is -0.346 e. The zero-order valence-corrected chi connectivity index (χ0v) is 13.1. The quantitative estimate of drug-likeness (QED) is 0.729. The molecule has 3 heteroatoms. The van der Waals surface area contributed by atoms with E-state index in [-0.39, 0.29) is 11.9 Å². The first kappa shape index (κ1) is 14.5. The summed E-state index contributed by atoms with van der Waals surface area (Å²) in [6.45, 7) is 1.99. The summed E-state index contributed by atoms with van der Waals surface area (Å²) in [4.78, 5) is 13.5. The van der Waals surface area contributed by atoms with Crippen LogP contribution in [0.15, 0.2) is 72.1 Å². The highest BCUT2D eigenvalue weighted by Gasteiger charge is 2.11. The lowest BCUT2D eigenvalue weighted by Crippen LogP contribution is -2.26. The van der Waals surface area contributed by atoms with E-state index in [1.807, 2.05) is 67.6 Å². The fourth-order valence-corrected chi connectivity index (χ4v) is 3.07. The van der Waals surface area contributed by atoms with Gasteiger partial charge in [0.1, 0.15) is 0 Å². The second-order valence-electron chi connectivity index (χ2n) is 5.16. The molecule has 1 amide bonds. The molecule has 1 N–H and O–H groups in total. The van der Waals surface area contributed by atoms with Crippen LogP contribution in [0.1, 0.15) is 28.9 Å². The van der Waals surface area contributed by atoms with Crippen molar-refractivity contribution >= 4 is 17.2 Å². The van der Waals surface area contributed by atoms with Crippen LogP contribution in [-0.2, 0) is 0 Å². The van der Waals surface area contributed by atoms with Crippen LogP contribution in [0.5, 0.6) is 0 Å². The molecular formula is C19H17NOS.